The smallest absolute Gasteiger partial charge is 0.250 e. The number of rotatable bonds is 2. The maximum atomic E-state index is 12.7. The number of hydrogen-bond donors (Lipinski definition) is 1. The van der Waals surface area contributed by atoms with E-state index in [9.17, 15) is 9.59 Å². The average Bonchev–Trinajstić information content (AvgIpc) is 2.51. The molecule has 2 aromatic rings. The Labute approximate surface area is 123 Å². The van der Waals surface area contributed by atoms with Gasteiger partial charge in [-0.2, -0.15) is 0 Å². The summed E-state index contributed by atoms with van der Waals surface area (Å²) in [5.41, 5.74) is 0.805. The third-order valence-corrected chi connectivity index (χ3v) is 4.05. The van der Waals surface area contributed by atoms with Crippen LogP contribution in [0.15, 0.2) is 42.5 Å². The second-order valence-electron chi connectivity index (χ2n) is 5.35. The molecule has 4 heteroatoms. The Balaban J connectivity index is 2.15. The van der Waals surface area contributed by atoms with Gasteiger partial charge in [0.15, 0.2) is 0 Å². The van der Waals surface area contributed by atoms with Gasteiger partial charge in [0.25, 0.3) is 0 Å². The molecule has 0 spiro atoms. The highest BCUT2D eigenvalue weighted by Crippen LogP contribution is 2.30. The van der Waals surface area contributed by atoms with Crippen LogP contribution in [0.25, 0.3) is 10.8 Å². The summed E-state index contributed by atoms with van der Waals surface area (Å²) in [5, 5.41) is 4.84. The van der Waals surface area contributed by atoms with Crippen molar-refractivity contribution in [3.05, 3.63) is 42.5 Å². The van der Waals surface area contributed by atoms with Gasteiger partial charge in [-0.15, -0.1) is 0 Å². The molecule has 2 unspecified atom stereocenters. The van der Waals surface area contributed by atoms with Gasteiger partial charge in [-0.05, 0) is 24.8 Å². The molecule has 1 saturated heterocycles. The number of piperazine rings is 1. The van der Waals surface area contributed by atoms with Crippen molar-refractivity contribution in [1.82, 2.24) is 5.32 Å². The fourth-order valence-electron chi connectivity index (χ4n) is 2.85. The van der Waals surface area contributed by atoms with Crippen molar-refractivity contribution in [1.29, 1.82) is 0 Å². The van der Waals surface area contributed by atoms with Gasteiger partial charge in [0, 0.05) is 5.39 Å². The van der Waals surface area contributed by atoms with E-state index in [4.69, 9.17) is 0 Å². The van der Waals surface area contributed by atoms with E-state index in [1.54, 1.807) is 11.8 Å². The summed E-state index contributed by atoms with van der Waals surface area (Å²) in [7, 11) is 0. The molecule has 2 atom stereocenters. The lowest BCUT2D eigenvalue weighted by Crippen LogP contribution is -2.62. The van der Waals surface area contributed by atoms with Crippen molar-refractivity contribution in [3.8, 4) is 0 Å². The van der Waals surface area contributed by atoms with Gasteiger partial charge in [-0.1, -0.05) is 43.3 Å². The summed E-state index contributed by atoms with van der Waals surface area (Å²) in [6.45, 7) is 3.67. The maximum absolute atomic E-state index is 12.7. The van der Waals surface area contributed by atoms with E-state index in [1.807, 2.05) is 49.4 Å². The Morgan fingerprint density at radius 1 is 1.10 bits per heavy atom. The Hall–Kier alpha value is -2.36. The first-order valence-electron chi connectivity index (χ1n) is 7.24. The first-order valence-corrected chi connectivity index (χ1v) is 7.24. The van der Waals surface area contributed by atoms with Crippen molar-refractivity contribution in [2.45, 2.75) is 32.4 Å². The minimum absolute atomic E-state index is 0.0408. The van der Waals surface area contributed by atoms with Gasteiger partial charge in [-0.3, -0.25) is 14.5 Å². The van der Waals surface area contributed by atoms with Crippen molar-refractivity contribution in [2.75, 3.05) is 4.90 Å². The zero-order chi connectivity index (χ0) is 15.0. The average molecular weight is 282 g/mol. The molecule has 21 heavy (non-hydrogen) atoms. The molecule has 2 aromatic carbocycles. The van der Waals surface area contributed by atoms with Crippen LogP contribution in [0.5, 0.6) is 0 Å². The maximum Gasteiger partial charge on any atom is 0.250 e. The zero-order valence-corrected chi connectivity index (χ0v) is 12.2. The zero-order valence-electron chi connectivity index (χ0n) is 12.2. The van der Waals surface area contributed by atoms with Crippen molar-refractivity contribution < 1.29 is 9.59 Å². The molecule has 0 saturated carbocycles. The molecule has 1 aliphatic heterocycles. The first-order chi connectivity index (χ1) is 10.1. The monoisotopic (exact) mass is 282 g/mol. The van der Waals surface area contributed by atoms with Crippen molar-refractivity contribution in [2.24, 2.45) is 0 Å². The van der Waals surface area contributed by atoms with E-state index >= 15 is 0 Å². The molecule has 3 rings (SSSR count). The lowest BCUT2D eigenvalue weighted by atomic mass is 10.0. The minimum atomic E-state index is -0.494. The number of hydrogen-bond acceptors (Lipinski definition) is 2. The number of carbonyl (C=O) groups excluding carboxylic acids is 2. The number of anilines is 1. The normalized spacial score (nSPS) is 22.5. The van der Waals surface area contributed by atoms with Crippen LogP contribution in [0.4, 0.5) is 5.69 Å². The standard InChI is InChI=1S/C17H18N2O2/c1-3-14-17(21)19(11(2)16(20)18-14)15-10-6-8-12-7-4-5-9-13(12)15/h4-11,14H,3H2,1-2H3,(H,18,20). The van der Waals surface area contributed by atoms with Crippen LogP contribution in [-0.4, -0.2) is 23.9 Å². The number of carbonyl (C=O) groups is 2. The highest BCUT2D eigenvalue weighted by Gasteiger charge is 2.38. The molecule has 0 aliphatic carbocycles. The van der Waals surface area contributed by atoms with Gasteiger partial charge in [-0.25, -0.2) is 0 Å². The summed E-state index contributed by atoms with van der Waals surface area (Å²) in [6, 6.07) is 12.8. The minimum Gasteiger partial charge on any atom is -0.343 e. The molecule has 1 heterocycles. The SMILES string of the molecule is CCC1NC(=O)C(C)N(c2cccc3ccccc23)C1=O. The van der Waals surface area contributed by atoms with Crippen LogP contribution in [0, 0.1) is 0 Å². The van der Waals surface area contributed by atoms with Crippen LogP contribution in [0.3, 0.4) is 0 Å². The van der Waals surface area contributed by atoms with E-state index in [2.05, 4.69) is 5.32 Å². The van der Waals surface area contributed by atoms with Gasteiger partial charge in [0.05, 0.1) is 5.69 Å². The molecule has 0 bridgehead atoms. The van der Waals surface area contributed by atoms with Gasteiger partial charge >= 0.3 is 0 Å². The summed E-state index contributed by atoms with van der Waals surface area (Å²) < 4.78 is 0. The van der Waals surface area contributed by atoms with Crippen molar-refractivity contribution in [3.63, 3.8) is 0 Å². The van der Waals surface area contributed by atoms with E-state index in [0.29, 0.717) is 6.42 Å². The predicted octanol–water partition coefficient (Wildman–Crippen LogP) is 2.47. The summed E-state index contributed by atoms with van der Waals surface area (Å²) in [5.74, 6) is -0.143. The van der Waals surface area contributed by atoms with Crippen LogP contribution in [0.2, 0.25) is 0 Å². The molecule has 108 valence electrons. The number of amides is 2. The second kappa shape index (κ2) is 5.20. The van der Waals surface area contributed by atoms with Gasteiger partial charge < -0.3 is 5.32 Å². The summed E-state index contributed by atoms with van der Waals surface area (Å²) in [6.07, 6.45) is 0.596. The van der Waals surface area contributed by atoms with Gasteiger partial charge in [0.1, 0.15) is 12.1 Å². The number of nitrogens with zero attached hydrogens (tertiary/aromatic N) is 1. The number of benzene rings is 2. The fourth-order valence-corrected chi connectivity index (χ4v) is 2.85. The number of fused-ring (bicyclic) bond motifs is 1. The largest absolute Gasteiger partial charge is 0.343 e. The topological polar surface area (TPSA) is 49.4 Å². The fraction of sp³-hybridized carbons (Fsp3) is 0.294. The molecule has 4 nitrogen and oxygen atoms in total. The Kier molecular flexibility index (Phi) is 3.37. The third kappa shape index (κ3) is 2.17. The van der Waals surface area contributed by atoms with E-state index in [0.717, 1.165) is 16.5 Å². The first kappa shape index (κ1) is 13.6. The lowest BCUT2D eigenvalue weighted by Gasteiger charge is -2.37. The molecule has 0 aromatic heterocycles. The lowest BCUT2D eigenvalue weighted by molar-refractivity contribution is -0.133. The Morgan fingerprint density at radius 2 is 1.81 bits per heavy atom. The van der Waals surface area contributed by atoms with E-state index in [-0.39, 0.29) is 11.8 Å². The van der Waals surface area contributed by atoms with Crippen LogP contribution < -0.4 is 10.2 Å². The van der Waals surface area contributed by atoms with Crippen molar-refractivity contribution >= 4 is 28.3 Å². The second-order valence-corrected chi connectivity index (χ2v) is 5.35. The molecule has 1 aliphatic rings. The Bertz CT molecular complexity index is 706. The van der Waals surface area contributed by atoms with Crippen LogP contribution >= 0.6 is 0 Å². The highest BCUT2D eigenvalue weighted by molar-refractivity contribution is 6.12. The summed E-state index contributed by atoms with van der Waals surface area (Å²) >= 11 is 0. The summed E-state index contributed by atoms with van der Waals surface area (Å²) in [4.78, 5) is 26.4. The highest BCUT2D eigenvalue weighted by atomic mass is 16.2. The van der Waals surface area contributed by atoms with Crippen LogP contribution in [-0.2, 0) is 9.59 Å². The number of nitrogens with one attached hydrogen (secondary N) is 1. The molecule has 2 amide bonds. The molecule has 1 N–H and O–H groups in total. The van der Waals surface area contributed by atoms with E-state index in [1.165, 1.54) is 0 Å². The third-order valence-electron chi connectivity index (χ3n) is 4.05. The molecule has 1 fully saturated rings. The quantitative estimate of drug-likeness (QED) is 0.920. The predicted molar refractivity (Wildman–Crippen MR) is 83.1 cm³/mol. The molecule has 0 radical (unpaired) electrons. The Morgan fingerprint density at radius 3 is 2.57 bits per heavy atom. The van der Waals surface area contributed by atoms with Crippen LogP contribution in [0.1, 0.15) is 20.3 Å². The van der Waals surface area contributed by atoms with Gasteiger partial charge in [0.2, 0.25) is 11.8 Å². The molecular formula is C17H18N2O2. The molecular weight excluding hydrogens is 264 g/mol. The van der Waals surface area contributed by atoms with E-state index < -0.39 is 12.1 Å².